The van der Waals surface area contributed by atoms with Crippen molar-refractivity contribution in [1.29, 1.82) is 0 Å². The second-order valence-corrected chi connectivity index (χ2v) is 26.9. The van der Waals surface area contributed by atoms with Gasteiger partial charge in [-0.25, -0.2) is 0 Å². The average Bonchev–Trinajstić information content (AvgIpc) is 2.81. The monoisotopic (exact) mass is 388 g/mol. The highest BCUT2D eigenvalue weighted by Gasteiger charge is 2.57. The number of hydrogen-bond acceptors (Lipinski definition) is 3. The summed E-state index contributed by atoms with van der Waals surface area (Å²) >= 11 is 0. The molecule has 2 aliphatic rings. The van der Waals surface area contributed by atoms with Crippen molar-refractivity contribution in [3.8, 4) is 0 Å². The molecule has 7 heteroatoms. The molecule has 0 saturated heterocycles. The fraction of sp³-hybridized carbons (Fsp3) is 0.875. The Morgan fingerprint density at radius 2 is 1.17 bits per heavy atom. The normalized spacial score (nSPS) is 25.9. The first kappa shape index (κ1) is 19.8. The third-order valence-electron chi connectivity index (χ3n) is 4.00. The second-order valence-electron chi connectivity index (χ2n) is 10.1. The third-order valence-corrected chi connectivity index (χ3v) is 15.9. The third kappa shape index (κ3) is 5.48. The summed E-state index contributed by atoms with van der Waals surface area (Å²) in [6.45, 7) is 20.4. The first-order valence-corrected chi connectivity index (χ1v) is 21.0. The Labute approximate surface area is 147 Å². The van der Waals surface area contributed by atoms with E-state index in [0.717, 1.165) is 5.92 Å². The topological polar surface area (TPSA) is 27.7 Å². The van der Waals surface area contributed by atoms with Gasteiger partial charge in [-0.05, 0) is 95.2 Å². The van der Waals surface area contributed by atoms with Crippen molar-refractivity contribution in [2.75, 3.05) is 0 Å². The van der Waals surface area contributed by atoms with Gasteiger partial charge in [0, 0.05) is 0 Å². The van der Waals surface area contributed by atoms with Gasteiger partial charge in [-0.15, -0.1) is 0 Å². The molecule has 2 bridgehead atoms. The van der Waals surface area contributed by atoms with Crippen LogP contribution in [-0.2, 0) is 12.3 Å². The molecule has 3 nitrogen and oxygen atoms in total. The van der Waals surface area contributed by atoms with Gasteiger partial charge in [-0.1, -0.05) is 6.08 Å². The van der Waals surface area contributed by atoms with Crippen LogP contribution in [0.4, 0.5) is 0 Å². The van der Waals surface area contributed by atoms with E-state index in [4.69, 9.17) is 12.3 Å². The molecule has 0 spiro atoms. The molecule has 134 valence electrons. The molecular weight excluding hydrogens is 353 g/mol. The molecule has 0 amide bonds. The Morgan fingerprint density at radius 3 is 1.43 bits per heavy atom. The van der Waals surface area contributed by atoms with Gasteiger partial charge in [-0.2, -0.15) is 0 Å². The van der Waals surface area contributed by atoms with Gasteiger partial charge in [0.25, 0.3) is 0 Å². The van der Waals surface area contributed by atoms with E-state index in [1.165, 1.54) is 24.5 Å². The quantitative estimate of drug-likeness (QED) is 0.548. The van der Waals surface area contributed by atoms with Gasteiger partial charge in [0.1, 0.15) is 0 Å². The first-order chi connectivity index (χ1) is 10.2. The van der Waals surface area contributed by atoms with Crippen molar-refractivity contribution in [1.82, 2.24) is 0 Å². The van der Waals surface area contributed by atoms with E-state index >= 15 is 0 Å². The summed E-state index contributed by atoms with van der Waals surface area (Å²) in [4.78, 5) is 0. The molecule has 0 heterocycles. The fourth-order valence-electron chi connectivity index (χ4n) is 3.64. The van der Waals surface area contributed by atoms with Gasteiger partial charge in [0.15, 0.2) is 25.0 Å². The van der Waals surface area contributed by atoms with Crippen LogP contribution in [-0.4, -0.2) is 33.8 Å². The van der Waals surface area contributed by atoms with Crippen LogP contribution in [0, 0.1) is 11.8 Å². The summed E-state index contributed by atoms with van der Waals surface area (Å²) in [7, 11) is -8.09. The molecule has 1 saturated carbocycles. The van der Waals surface area contributed by atoms with Crippen molar-refractivity contribution < 1.29 is 12.3 Å². The zero-order valence-corrected chi connectivity index (χ0v) is 20.6. The smallest absolute Gasteiger partial charge is 0.414 e. The van der Waals surface area contributed by atoms with E-state index in [2.05, 4.69) is 65.0 Å². The molecule has 0 aromatic rings. The van der Waals surface area contributed by atoms with Crippen molar-refractivity contribution >= 4 is 33.8 Å². The van der Waals surface area contributed by atoms with Gasteiger partial charge >= 0.3 is 8.80 Å². The van der Waals surface area contributed by atoms with E-state index in [1.54, 1.807) is 0 Å². The highest BCUT2D eigenvalue weighted by atomic mass is 28.5. The fourth-order valence-corrected chi connectivity index (χ4v) is 17.6. The first-order valence-electron chi connectivity index (χ1n) is 9.02. The van der Waals surface area contributed by atoms with E-state index in [-0.39, 0.29) is 0 Å². The van der Waals surface area contributed by atoms with Crippen LogP contribution < -0.4 is 0 Å². The molecule has 0 aliphatic heterocycles. The lowest BCUT2D eigenvalue weighted by Gasteiger charge is -2.44. The lowest BCUT2D eigenvalue weighted by molar-refractivity contribution is 0.259. The minimum atomic E-state index is -2.78. The Morgan fingerprint density at radius 1 is 0.739 bits per heavy atom. The highest BCUT2D eigenvalue weighted by Crippen LogP contribution is 2.49. The standard InChI is InChI=1S/C16H36O3Si4/c1-20(2,3)17-23(18-21(4,5)6,19-22(7,8)9)16-13-14-10-11-15(16)12-14/h13-15H,10-12H2,1-9H3. The summed E-state index contributed by atoms with van der Waals surface area (Å²) in [5.41, 5.74) is 0. The van der Waals surface area contributed by atoms with Crippen LogP contribution in [0.1, 0.15) is 19.3 Å². The largest absolute Gasteiger partial charge is 0.501 e. The molecular formula is C16H36O3Si4. The van der Waals surface area contributed by atoms with E-state index in [9.17, 15) is 0 Å². The molecule has 0 radical (unpaired) electrons. The van der Waals surface area contributed by atoms with Gasteiger partial charge in [-0.3, -0.25) is 0 Å². The van der Waals surface area contributed by atoms with Crippen LogP contribution in [0.3, 0.4) is 0 Å². The Kier molecular flexibility index (Phi) is 5.45. The maximum Gasteiger partial charge on any atom is 0.501 e. The predicted octanol–water partition coefficient (Wildman–Crippen LogP) is 5.38. The van der Waals surface area contributed by atoms with Crippen LogP contribution in [0.2, 0.25) is 58.9 Å². The number of hydrogen-bond donors (Lipinski definition) is 0. The maximum atomic E-state index is 6.85. The zero-order chi connectivity index (χ0) is 17.7. The minimum Gasteiger partial charge on any atom is -0.414 e. The van der Waals surface area contributed by atoms with Crippen LogP contribution in [0.5, 0.6) is 0 Å². The lowest BCUT2D eigenvalue weighted by atomic mass is 10.1. The predicted molar refractivity (Wildman–Crippen MR) is 108 cm³/mol. The van der Waals surface area contributed by atoms with Crippen molar-refractivity contribution in [3.05, 3.63) is 11.3 Å². The molecule has 2 atom stereocenters. The minimum absolute atomic E-state index is 0.649. The molecule has 23 heavy (non-hydrogen) atoms. The van der Waals surface area contributed by atoms with Crippen LogP contribution >= 0.6 is 0 Å². The lowest BCUT2D eigenvalue weighted by Crippen LogP contribution is -2.62. The maximum absolute atomic E-state index is 6.85. The summed E-state index contributed by atoms with van der Waals surface area (Å²) in [5.74, 6) is 1.39. The van der Waals surface area contributed by atoms with Crippen molar-refractivity contribution in [2.45, 2.75) is 78.2 Å². The van der Waals surface area contributed by atoms with Crippen molar-refractivity contribution in [3.63, 3.8) is 0 Å². The van der Waals surface area contributed by atoms with Crippen LogP contribution in [0.25, 0.3) is 0 Å². The van der Waals surface area contributed by atoms with Crippen LogP contribution in [0.15, 0.2) is 11.3 Å². The molecule has 2 unspecified atom stereocenters. The Hall–Kier alpha value is 0.488. The van der Waals surface area contributed by atoms with Gasteiger partial charge in [0.2, 0.25) is 0 Å². The van der Waals surface area contributed by atoms with E-state index in [1.807, 2.05) is 0 Å². The Bertz CT molecular complexity index is 430. The molecule has 0 N–H and O–H groups in total. The number of rotatable bonds is 7. The number of allylic oxidation sites excluding steroid dienone is 2. The molecule has 0 aromatic heterocycles. The second kappa shape index (κ2) is 6.33. The molecule has 2 aliphatic carbocycles. The highest BCUT2D eigenvalue weighted by molar-refractivity contribution is 6.93. The molecule has 0 aromatic carbocycles. The molecule has 1 fully saturated rings. The SMILES string of the molecule is C[Si](C)(C)O[Si](O[Si](C)(C)C)(O[Si](C)(C)C)C1=CC2CCC1C2. The van der Waals surface area contributed by atoms with Crippen molar-refractivity contribution in [2.24, 2.45) is 11.8 Å². The summed E-state index contributed by atoms with van der Waals surface area (Å²) in [6, 6.07) is 0. The Balaban J connectivity index is 2.47. The van der Waals surface area contributed by atoms with E-state index < -0.39 is 33.8 Å². The number of fused-ring (bicyclic) bond motifs is 2. The van der Waals surface area contributed by atoms with Gasteiger partial charge in [0.05, 0.1) is 0 Å². The van der Waals surface area contributed by atoms with E-state index in [0.29, 0.717) is 5.92 Å². The van der Waals surface area contributed by atoms with Gasteiger partial charge < -0.3 is 12.3 Å². The average molecular weight is 389 g/mol. The zero-order valence-electron chi connectivity index (χ0n) is 16.6. The summed E-state index contributed by atoms with van der Waals surface area (Å²) in [6.07, 6.45) is 6.42. The summed E-state index contributed by atoms with van der Waals surface area (Å²) < 4.78 is 20.5. The summed E-state index contributed by atoms with van der Waals surface area (Å²) in [5, 5.41) is 1.45. The molecule has 2 rings (SSSR count).